The fourth-order valence-corrected chi connectivity index (χ4v) is 2.60. The lowest BCUT2D eigenvalue weighted by atomic mass is 10.1. The van der Waals surface area contributed by atoms with Gasteiger partial charge in [0, 0.05) is 18.0 Å². The number of nitrogens with zero attached hydrogens (tertiary/aromatic N) is 1. The molecule has 0 bridgehead atoms. The highest BCUT2D eigenvalue weighted by molar-refractivity contribution is 7.09. The number of carbonyl (C=O) groups excluding carboxylic acids is 1. The van der Waals surface area contributed by atoms with Crippen LogP contribution < -0.4 is 10.6 Å². The number of hydrogen-bond acceptors (Lipinski definition) is 4. The molecule has 2 atom stereocenters. The minimum atomic E-state index is -0.0641. The van der Waals surface area contributed by atoms with Crippen molar-refractivity contribution in [3.63, 3.8) is 0 Å². The molecule has 4 nitrogen and oxygen atoms in total. The number of nitrogens with one attached hydrogen (secondary N) is 2. The Labute approximate surface area is 99.5 Å². The van der Waals surface area contributed by atoms with Crippen molar-refractivity contribution >= 4 is 17.2 Å². The summed E-state index contributed by atoms with van der Waals surface area (Å²) in [4.78, 5) is 16.0. The van der Waals surface area contributed by atoms with Gasteiger partial charge in [-0.05, 0) is 26.7 Å². The predicted molar refractivity (Wildman–Crippen MR) is 64.4 cm³/mol. The van der Waals surface area contributed by atoms with Gasteiger partial charge in [0.15, 0.2) is 0 Å². The summed E-state index contributed by atoms with van der Waals surface area (Å²) >= 11 is 1.64. The summed E-state index contributed by atoms with van der Waals surface area (Å²) < 4.78 is 0. The molecule has 1 aliphatic rings. The van der Waals surface area contributed by atoms with Crippen molar-refractivity contribution in [2.24, 2.45) is 0 Å². The fourth-order valence-electron chi connectivity index (χ4n) is 1.90. The van der Waals surface area contributed by atoms with E-state index in [9.17, 15) is 4.79 Å². The lowest BCUT2D eigenvalue weighted by Crippen LogP contribution is -2.48. The van der Waals surface area contributed by atoms with Gasteiger partial charge in [0.05, 0.1) is 16.7 Å². The Morgan fingerprint density at radius 3 is 3.12 bits per heavy atom. The molecule has 1 amide bonds. The van der Waals surface area contributed by atoms with Crippen LogP contribution in [0.4, 0.5) is 0 Å². The summed E-state index contributed by atoms with van der Waals surface area (Å²) in [7, 11) is 0. The number of aromatic nitrogens is 1. The van der Waals surface area contributed by atoms with Crippen molar-refractivity contribution in [2.45, 2.75) is 38.8 Å². The Hall–Kier alpha value is -0.940. The molecule has 2 unspecified atom stereocenters. The molecule has 0 radical (unpaired) electrons. The second-order valence-electron chi connectivity index (χ2n) is 4.17. The molecule has 2 heterocycles. The van der Waals surface area contributed by atoms with E-state index in [0.717, 1.165) is 30.1 Å². The average Bonchev–Trinajstić information content (AvgIpc) is 2.68. The Morgan fingerprint density at radius 2 is 2.50 bits per heavy atom. The molecule has 0 saturated carbocycles. The van der Waals surface area contributed by atoms with Crippen molar-refractivity contribution in [2.75, 3.05) is 6.54 Å². The van der Waals surface area contributed by atoms with Crippen molar-refractivity contribution in [1.82, 2.24) is 15.6 Å². The van der Waals surface area contributed by atoms with Crippen LogP contribution in [-0.4, -0.2) is 23.5 Å². The van der Waals surface area contributed by atoms with Crippen molar-refractivity contribution in [3.8, 4) is 0 Å². The maximum atomic E-state index is 11.6. The first-order valence-electron chi connectivity index (χ1n) is 5.62. The number of amides is 1. The van der Waals surface area contributed by atoms with Crippen LogP contribution in [-0.2, 0) is 4.79 Å². The molecule has 0 aromatic carbocycles. The molecule has 2 N–H and O–H groups in total. The Balaban J connectivity index is 1.96. The zero-order chi connectivity index (χ0) is 11.5. The van der Waals surface area contributed by atoms with Crippen LogP contribution >= 0.6 is 11.3 Å². The van der Waals surface area contributed by atoms with E-state index < -0.39 is 0 Å². The van der Waals surface area contributed by atoms with E-state index in [2.05, 4.69) is 22.5 Å². The minimum absolute atomic E-state index is 0.0641. The van der Waals surface area contributed by atoms with E-state index in [1.54, 1.807) is 11.3 Å². The first-order chi connectivity index (χ1) is 7.66. The van der Waals surface area contributed by atoms with E-state index in [1.807, 2.05) is 12.3 Å². The highest BCUT2D eigenvalue weighted by atomic mass is 32.1. The molecule has 1 saturated heterocycles. The summed E-state index contributed by atoms with van der Waals surface area (Å²) in [6, 6.07) is 0.0737. The third-order valence-electron chi connectivity index (χ3n) is 2.82. The number of hydrogen-bond donors (Lipinski definition) is 2. The molecule has 1 aromatic rings. The Bertz CT molecular complexity index is 377. The molecular weight excluding hydrogens is 222 g/mol. The number of rotatable bonds is 3. The van der Waals surface area contributed by atoms with E-state index in [1.165, 1.54) is 0 Å². The summed E-state index contributed by atoms with van der Waals surface area (Å²) in [5, 5.41) is 9.32. The number of aryl methyl sites for hydroxylation is 1. The van der Waals surface area contributed by atoms with Gasteiger partial charge in [-0.3, -0.25) is 10.1 Å². The summed E-state index contributed by atoms with van der Waals surface area (Å²) in [5.74, 6) is 0.116. The third kappa shape index (κ3) is 2.59. The van der Waals surface area contributed by atoms with Gasteiger partial charge in [0.25, 0.3) is 0 Å². The maximum Gasteiger partial charge on any atom is 0.237 e. The normalized spacial score (nSPS) is 22.9. The van der Waals surface area contributed by atoms with Gasteiger partial charge >= 0.3 is 0 Å². The topological polar surface area (TPSA) is 54.0 Å². The van der Waals surface area contributed by atoms with Gasteiger partial charge in [-0.15, -0.1) is 11.3 Å². The summed E-state index contributed by atoms with van der Waals surface area (Å²) in [6.07, 6.45) is 1.96. The third-order valence-corrected chi connectivity index (χ3v) is 3.61. The maximum absolute atomic E-state index is 11.6. The van der Waals surface area contributed by atoms with E-state index in [-0.39, 0.29) is 18.0 Å². The van der Waals surface area contributed by atoms with E-state index in [4.69, 9.17) is 0 Å². The van der Waals surface area contributed by atoms with Gasteiger partial charge in [-0.2, -0.15) is 0 Å². The SMILES string of the molecule is Cc1nc(C(C)NC2CCCNC2=O)cs1. The molecule has 1 aromatic heterocycles. The standard InChI is InChI=1S/C11H17N3OS/c1-7(10-6-16-8(2)14-10)13-9-4-3-5-12-11(9)15/h6-7,9,13H,3-5H2,1-2H3,(H,12,15). The van der Waals surface area contributed by atoms with Crippen LogP contribution in [0.3, 0.4) is 0 Å². The van der Waals surface area contributed by atoms with Gasteiger partial charge in [-0.1, -0.05) is 0 Å². The number of carbonyl (C=O) groups is 1. The fraction of sp³-hybridized carbons (Fsp3) is 0.636. The molecule has 0 aliphatic carbocycles. The molecule has 1 fully saturated rings. The van der Waals surface area contributed by atoms with Crippen LogP contribution in [0.25, 0.3) is 0 Å². The molecule has 0 spiro atoms. The molecule has 88 valence electrons. The smallest absolute Gasteiger partial charge is 0.237 e. The zero-order valence-corrected chi connectivity index (χ0v) is 10.4. The largest absolute Gasteiger partial charge is 0.355 e. The van der Waals surface area contributed by atoms with Crippen LogP contribution in [0, 0.1) is 6.92 Å². The summed E-state index contributed by atoms with van der Waals surface area (Å²) in [6.45, 7) is 4.85. The predicted octanol–water partition coefficient (Wildman–Crippen LogP) is 1.38. The molecule has 2 rings (SSSR count). The molecular formula is C11H17N3OS. The van der Waals surface area contributed by atoms with Gasteiger partial charge in [-0.25, -0.2) is 4.98 Å². The molecule has 1 aliphatic heterocycles. The van der Waals surface area contributed by atoms with Crippen LogP contribution in [0.5, 0.6) is 0 Å². The Kier molecular flexibility index (Phi) is 3.56. The van der Waals surface area contributed by atoms with Crippen LogP contribution in [0.15, 0.2) is 5.38 Å². The quantitative estimate of drug-likeness (QED) is 0.838. The second-order valence-corrected chi connectivity index (χ2v) is 5.23. The number of thiazole rings is 1. The highest BCUT2D eigenvalue weighted by Crippen LogP contribution is 2.17. The van der Waals surface area contributed by atoms with Crippen molar-refractivity contribution < 1.29 is 4.79 Å². The average molecular weight is 239 g/mol. The first-order valence-corrected chi connectivity index (χ1v) is 6.50. The zero-order valence-electron chi connectivity index (χ0n) is 9.62. The highest BCUT2D eigenvalue weighted by Gasteiger charge is 2.24. The van der Waals surface area contributed by atoms with Crippen molar-refractivity contribution in [1.29, 1.82) is 0 Å². The minimum Gasteiger partial charge on any atom is -0.355 e. The number of piperidine rings is 1. The van der Waals surface area contributed by atoms with Crippen molar-refractivity contribution in [3.05, 3.63) is 16.1 Å². The van der Waals surface area contributed by atoms with E-state index in [0.29, 0.717) is 0 Å². The Morgan fingerprint density at radius 1 is 1.69 bits per heavy atom. The lowest BCUT2D eigenvalue weighted by molar-refractivity contribution is -0.124. The summed E-state index contributed by atoms with van der Waals surface area (Å²) in [5.41, 5.74) is 1.03. The van der Waals surface area contributed by atoms with Crippen LogP contribution in [0.2, 0.25) is 0 Å². The van der Waals surface area contributed by atoms with Crippen LogP contribution in [0.1, 0.15) is 36.5 Å². The van der Waals surface area contributed by atoms with Gasteiger partial charge < -0.3 is 5.32 Å². The molecule has 16 heavy (non-hydrogen) atoms. The molecule has 5 heteroatoms. The first kappa shape index (κ1) is 11.5. The van der Waals surface area contributed by atoms with Gasteiger partial charge in [0.2, 0.25) is 5.91 Å². The van der Waals surface area contributed by atoms with Gasteiger partial charge in [0.1, 0.15) is 0 Å². The monoisotopic (exact) mass is 239 g/mol. The van der Waals surface area contributed by atoms with E-state index >= 15 is 0 Å². The second kappa shape index (κ2) is 4.93. The lowest BCUT2D eigenvalue weighted by Gasteiger charge is -2.25.